The maximum atomic E-state index is 5.71. The highest BCUT2D eigenvalue weighted by molar-refractivity contribution is 5.31. The molecule has 3 nitrogen and oxygen atoms in total. The van der Waals surface area contributed by atoms with Gasteiger partial charge in [-0.25, -0.2) is 4.98 Å². The lowest BCUT2D eigenvalue weighted by Gasteiger charge is -2.06. The van der Waals surface area contributed by atoms with Crippen LogP contribution in [-0.2, 0) is 19.4 Å². The van der Waals surface area contributed by atoms with Crippen molar-refractivity contribution in [3.63, 3.8) is 0 Å². The van der Waals surface area contributed by atoms with E-state index in [0.29, 0.717) is 6.54 Å². The van der Waals surface area contributed by atoms with E-state index in [1.54, 1.807) is 0 Å². The standard InChI is InChI=1S/C15H21N3/c1-10-4-5-13(11(2)8-10)6-7-14-15(9-16)18-12(3)17-14/h4-5,8H,6-7,9,16H2,1-3H3,(H,17,18). The van der Waals surface area contributed by atoms with Crippen LogP contribution in [0.4, 0.5) is 0 Å². The Morgan fingerprint density at radius 1 is 1.17 bits per heavy atom. The Morgan fingerprint density at radius 3 is 2.61 bits per heavy atom. The van der Waals surface area contributed by atoms with Crippen molar-refractivity contribution in [3.8, 4) is 0 Å². The van der Waals surface area contributed by atoms with Gasteiger partial charge in [0, 0.05) is 6.54 Å². The van der Waals surface area contributed by atoms with Gasteiger partial charge in [0.2, 0.25) is 0 Å². The van der Waals surface area contributed by atoms with E-state index < -0.39 is 0 Å². The molecule has 0 aliphatic heterocycles. The molecule has 1 aromatic heterocycles. The fraction of sp³-hybridized carbons (Fsp3) is 0.400. The van der Waals surface area contributed by atoms with Crippen molar-refractivity contribution in [2.45, 2.75) is 40.2 Å². The van der Waals surface area contributed by atoms with Crippen LogP contribution < -0.4 is 5.73 Å². The molecule has 2 rings (SSSR count). The minimum absolute atomic E-state index is 0.531. The highest BCUT2D eigenvalue weighted by Crippen LogP contribution is 2.14. The Balaban J connectivity index is 2.11. The monoisotopic (exact) mass is 243 g/mol. The number of nitrogens with one attached hydrogen (secondary N) is 1. The van der Waals surface area contributed by atoms with Gasteiger partial charge < -0.3 is 10.7 Å². The molecule has 0 spiro atoms. The van der Waals surface area contributed by atoms with Crippen LogP contribution in [0.1, 0.15) is 33.9 Å². The zero-order valence-corrected chi connectivity index (χ0v) is 11.4. The molecule has 0 amide bonds. The van der Waals surface area contributed by atoms with Gasteiger partial charge in [-0.15, -0.1) is 0 Å². The van der Waals surface area contributed by atoms with Crippen molar-refractivity contribution in [2.24, 2.45) is 5.73 Å². The number of aromatic amines is 1. The molecule has 96 valence electrons. The summed E-state index contributed by atoms with van der Waals surface area (Å²) >= 11 is 0. The van der Waals surface area contributed by atoms with Crippen LogP contribution >= 0.6 is 0 Å². The van der Waals surface area contributed by atoms with Crippen molar-refractivity contribution in [3.05, 3.63) is 52.1 Å². The van der Waals surface area contributed by atoms with Crippen LogP contribution in [0, 0.1) is 20.8 Å². The van der Waals surface area contributed by atoms with Gasteiger partial charge in [0.1, 0.15) is 5.82 Å². The van der Waals surface area contributed by atoms with Crippen molar-refractivity contribution < 1.29 is 0 Å². The third-order valence-electron chi connectivity index (χ3n) is 3.32. The average molecular weight is 243 g/mol. The van der Waals surface area contributed by atoms with Gasteiger partial charge in [0.15, 0.2) is 0 Å². The first-order valence-corrected chi connectivity index (χ1v) is 6.40. The zero-order chi connectivity index (χ0) is 13.1. The van der Waals surface area contributed by atoms with Gasteiger partial charge in [-0.3, -0.25) is 0 Å². The number of hydrogen-bond donors (Lipinski definition) is 2. The van der Waals surface area contributed by atoms with E-state index in [2.05, 4.69) is 42.0 Å². The lowest BCUT2D eigenvalue weighted by molar-refractivity contribution is 0.879. The molecule has 0 saturated heterocycles. The third-order valence-corrected chi connectivity index (χ3v) is 3.32. The first kappa shape index (κ1) is 12.8. The van der Waals surface area contributed by atoms with Crippen molar-refractivity contribution in [1.82, 2.24) is 9.97 Å². The Hall–Kier alpha value is -1.61. The fourth-order valence-electron chi connectivity index (χ4n) is 2.34. The molecule has 0 aliphatic rings. The Bertz CT molecular complexity index is 541. The summed E-state index contributed by atoms with van der Waals surface area (Å²) in [6, 6.07) is 6.61. The van der Waals surface area contributed by atoms with Gasteiger partial charge in [-0.05, 0) is 44.7 Å². The summed E-state index contributed by atoms with van der Waals surface area (Å²) in [7, 11) is 0. The van der Waals surface area contributed by atoms with Crippen molar-refractivity contribution in [1.29, 1.82) is 0 Å². The van der Waals surface area contributed by atoms with E-state index >= 15 is 0 Å². The van der Waals surface area contributed by atoms with Crippen molar-refractivity contribution in [2.75, 3.05) is 0 Å². The van der Waals surface area contributed by atoms with E-state index in [1.807, 2.05) is 6.92 Å². The Morgan fingerprint density at radius 2 is 1.94 bits per heavy atom. The first-order chi connectivity index (χ1) is 8.60. The van der Waals surface area contributed by atoms with E-state index in [1.165, 1.54) is 16.7 Å². The minimum atomic E-state index is 0.531. The van der Waals surface area contributed by atoms with Crippen LogP contribution in [0.5, 0.6) is 0 Å². The Kier molecular flexibility index (Phi) is 3.82. The second-order valence-corrected chi connectivity index (χ2v) is 4.88. The molecule has 3 N–H and O–H groups in total. The summed E-state index contributed by atoms with van der Waals surface area (Å²) < 4.78 is 0. The first-order valence-electron chi connectivity index (χ1n) is 6.40. The predicted octanol–water partition coefficient (Wildman–Crippen LogP) is 2.58. The molecule has 0 bridgehead atoms. The predicted molar refractivity (Wildman–Crippen MR) is 74.5 cm³/mol. The lowest BCUT2D eigenvalue weighted by Crippen LogP contribution is -2.03. The maximum Gasteiger partial charge on any atom is 0.103 e. The topological polar surface area (TPSA) is 54.7 Å². The number of H-pyrrole nitrogens is 1. The molecule has 18 heavy (non-hydrogen) atoms. The molecule has 3 heteroatoms. The number of rotatable bonds is 4. The smallest absolute Gasteiger partial charge is 0.103 e. The molecule has 0 fully saturated rings. The SMILES string of the molecule is Cc1ccc(CCc2nc(C)[nH]c2CN)c(C)c1. The summed E-state index contributed by atoms with van der Waals surface area (Å²) in [6.45, 7) is 6.80. The number of nitrogens with two attached hydrogens (primary N) is 1. The summed E-state index contributed by atoms with van der Waals surface area (Å²) in [5.74, 6) is 0.950. The second kappa shape index (κ2) is 5.36. The lowest BCUT2D eigenvalue weighted by atomic mass is 10.0. The summed E-state index contributed by atoms with van der Waals surface area (Å²) in [4.78, 5) is 7.73. The summed E-state index contributed by atoms with van der Waals surface area (Å²) in [6.07, 6.45) is 1.96. The van der Waals surface area contributed by atoms with Gasteiger partial charge >= 0.3 is 0 Å². The Labute approximate surface area is 108 Å². The summed E-state index contributed by atoms with van der Waals surface area (Å²) in [5, 5.41) is 0. The number of hydrogen-bond acceptors (Lipinski definition) is 2. The van der Waals surface area contributed by atoms with Crippen molar-refractivity contribution >= 4 is 0 Å². The minimum Gasteiger partial charge on any atom is -0.345 e. The molecule has 0 radical (unpaired) electrons. The quantitative estimate of drug-likeness (QED) is 0.867. The van der Waals surface area contributed by atoms with E-state index in [4.69, 9.17) is 5.73 Å². The molecular weight excluding hydrogens is 222 g/mol. The normalized spacial score (nSPS) is 10.9. The van der Waals surface area contributed by atoms with Gasteiger partial charge in [0.25, 0.3) is 0 Å². The number of benzene rings is 1. The average Bonchev–Trinajstić information content (AvgIpc) is 2.68. The van der Waals surface area contributed by atoms with Crippen LogP contribution in [0.15, 0.2) is 18.2 Å². The molecule has 1 heterocycles. The molecule has 0 atom stereocenters. The molecule has 0 unspecified atom stereocenters. The fourth-order valence-corrected chi connectivity index (χ4v) is 2.34. The van der Waals surface area contributed by atoms with Crippen LogP contribution in [0.2, 0.25) is 0 Å². The molecular formula is C15H21N3. The maximum absolute atomic E-state index is 5.71. The molecule has 2 aromatic rings. The van der Waals surface area contributed by atoms with Crippen LogP contribution in [0.3, 0.4) is 0 Å². The number of aromatic nitrogens is 2. The van der Waals surface area contributed by atoms with Gasteiger partial charge in [0.05, 0.1) is 11.4 Å². The van der Waals surface area contributed by atoms with E-state index in [0.717, 1.165) is 30.1 Å². The number of imidazole rings is 1. The largest absolute Gasteiger partial charge is 0.345 e. The van der Waals surface area contributed by atoms with Crippen LogP contribution in [0.25, 0.3) is 0 Å². The highest BCUT2D eigenvalue weighted by atomic mass is 14.9. The van der Waals surface area contributed by atoms with Gasteiger partial charge in [-0.1, -0.05) is 23.8 Å². The van der Waals surface area contributed by atoms with Gasteiger partial charge in [-0.2, -0.15) is 0 Å². The highest BCUT2D eigenvalue weighted by Gasteiger charge is 2.07. The van der Waals surface area contributed by atoms with E-state index in [-0.39, 0.29) is 0 Å². The number of nitrogens with zero attached hydrogens (tertiary/aromatic N) is 1. The number of aryl methyl sites for hydroxylation is 5. The van der Waals surface area contributed by atoms with Crippen LogP contribution in [-0.4, -0.2) is 9.97 Å². The molecule has 0 saturated carbocycles. The second-order valence-electron chi connectivity index (χ2n) is 4.88. The third kappa shape index (κ3) is 2.79. The zero-order valence-electron chi connectivity index (χ0n) is 11.4. The summed E-state index contributed by atoms with van der Waals surface area (Å²) in [5.41, 5.74) is 11.9. The molecule has 1 aromatic carbocycles. The van der Waals surface area contributed by atoms with E-state index in [9.17, 15) is 0 Å². The molecule has 0 aliphatic carbocycles.